The van der Waals surface area contributed by atoms with E-state index in [0.717, 1.165) is 19.3 Å². The highest BCUT2D eigenvalue weighted by molar-refractivity contribution is 6.38. The number of carbonyl (C=O) groups excluding carboxylic acids is 2. The van der Waals surface area contributed by atoms with Crippen molar-refractivity contribution in [1.29, 1.82) is 0 Å². The van der Waals surface area contributed by atoms with Crippen LogP contribution in [-0.2, 0) is 4.79 Å². The fourth-order valence-electron chi connectivity index (χ4n) is 6.02. The van der Waals surface area contributed by atoms with Gasteiger partial charge >= 0.3 is 6.03 Å². The van der Waals surface area contributed by atoms with Gasteiger partial charge in [-0.1, -0.05) is 23.2 Å². The van der Waals surface area contributed by atoms with E-state index < -0.39 is 11.9 Å². The van der Waals surface area contributed by atoms with E-state index in [1.807, 2.05) is 0 Å². The van der Waals surface area contributed by atoms with E-state index in [4.69, 9.17) is 27.9 Å². The van der Waals surface area contributed by atoms with Gasteiger partial charge in [0.25, 0.3) is 5.91 Å². The highest BCUT2D eigenvalue weighted by Gasteiger charge is 2.51. The lowest BCUT2D eigenvalue weighted by Crippen LogP contribution is -2.62. The van der Waals surface area contributed by atoms with Crippen LogP contribution in [0.2, 0.25) is 10.0 Å². The standard InChI is InChI=1S/C21H22Cl2N4O3/c22-14-4-15-18(16(23)5-14)24-10-25-19(15)30-9-17(28)26-20(29)27-21-6-11-1-12(7-21)3-13(2-11)8-21/h4-5,10-13H,1-3,6-9H2,(H2,26,27,28,29). The number of nitrogens with one attached hydrogen (secondary N) is 2. The Bertz CT molecular complexity index is 993. The van der Waals surface area contributed by atoms with Crippen molar-refractivity contribution in [2.45, 2.75) is 44.1 Å². The van der Waals surface area contributed by atoms with Crippen molar-refractivity contribution in [3.05, 3.63) is 28.5 Å². The lowest BCUT2D eigenvalue weighted by Gasteiger charge is -2.56. The van der Waals surface area contributed by atoms with Crippen LogP contribution in [-0.4, -0.2) is 34.1 Å². The van der Waals surface area contributed by atoms with Crippen molar-refractivity contribution in [2.75, 3.05) is 6.61 Å². The maximum atomic E-state index is 12.5. The zero-order valence-electron chi connectivity index (χ0n) is 16.3. The molecule has 2 N–H and O–H groups in total. The third-order valence-corrected chi connectivity index (χ3v) is 7.14. The van der Waals surface area contributed by atoms with Gasteiger partial charge < -0.3 is 10.1 Å². The molecule has 4 bridgehead atoms. The number of benzene rings is 1. The molecule has 158 valence electrons. The Hall–Kier alpha value is -2.12. The number of urea groups is 1. The smallest absolute Gasteiger partial charge is 0.321 e. The van der Waals surface area contributed by atoms with Gasteiger partial charge in [-0.05, 0) is 68.4 Å². The molecule has 0 saturated heterocycles. The van der Waals surface area contributed by atoms with Gasteiger partial charge in [0.15, 0.2) is 6.61 Å². The molecular weight excluding hydrogens is 427 g/mol. The van der Waals surface area contributed by atoms with Gasteiger partial charge in [0.05, 0.1) is 15.9 Å². The maximum absolute atomic E-state index is 12.5. The van der Waals surface area contributed by atoms with Crippen LogP contribution < -0.4 is 15.4 Å². The van der Waals surface area contributed by atoms with E-state index >= 15 is 0 Å². The van der Waals surface area contributed by atoms with E-state index in [1.54, 1.807) is 12.1 Å². The third kappa shape index (κ3) is 3.81. The molecule has 7 nitrogen and oxygen atoms in total. The van der Waals surface area contributed by atoms with Crippen molar-refractivity contribution in [1.82, 2.24) is 20.6 Å². The number of fused-ring (bicyclic) bond motifs is 1. The number of imide groups is 1. The van der Waals surface area contributed by atoms with Crippen molar-refractivity contribution in [2.24, 2.45) is 17.8 Å². The molecule has 4 fully saturated rings. The highest BCUT2D eigenvalue weighted by Crippen LogP contribution is 2.55. The van der Waals surface area contributed by atoms with Crippen molar-refractivity contribution < 1.29 is 14.3 Å². The number of rotatable bonds is 4. The van der Waals surface area contributed by atoms with Gasteiger partial charge in [-0.3, -0.25) is 10.1 Å². The molecule has 1 heterocycles. The Kier molecular flexibility index (Phi) is 4.98. The fourth-order valence-corrected chi connectivity index (χ4v) is 6.56. The van der Waals surface area contributed by atoms with Crippen LogP contribution in [0.3, 0.4) is 0 Å². The second-order valence-corrected chi connectivity index (χ2v) is 9.80. The first-order valence-corrected chi connectivity index (χ1v) is 11.0. The Morgan fingerprint density at radius 2 is 1.73 bits per heavy atom. The number of carbonyl (C=O) groups is 2. The number of hydrogen-bond acceptors (Lipinski definition) is 5. The van der Waals surface area contributed by atoms with Crippen molar-refractivity contribution >= 4 is 46.0 Å². The summed E-state index contributed by atoms with van der Waals surface area (Å²) >= 11 is 12.2. The summed E-state index contributed by atoms with van der Waals surface area (Å²) in [6.07, 6.45) is 8.22. The molecule has 30 heavy (non-hydrogen) atoms. The molecule has 1 aromatic carbocycles. The molecule has 1 aromatic heterocycles. The predicted molar refractivity (Wildman–Crippen MR) is 113 cm³/mol. The molecule has 4 aliphatic rings. The minimum Gasteiger partial charge on any atom is -0.467 e. The van der Waals surface area contributed by atoms with Gasteiger partial charge in [-0.15, -0.1) is 0 Å². The van der Waals surface area contributed by atoms with Gasteiger partial charge in [-0.2, -0.15) is 0 Å². The number of amides is 3. The monoisotopic (exact) mass is 448 g/mol. The second-order valence-electron chi connectivity index (χ2n) is 8.95. The first kappa shape index (κ1) is 19.8. The lowest BCUT2D eigenvalue weighted by molar-refractivity contribution is -0.122. The van der Waals surface area contributed by atoms with E-state index in [-0.39, 0.29) is 18.0 Å². The Morgan fingerprint density at radius 1 is 1.07 bits per heavy atom. The number of halogens is 2. The first-order chi connectivity index (χ1) is 14.4. The summed E-state index contributed by atoms with van der Waals surface area (Å²) in [6, 6.07) is 2.74. The quantitative estimate of drug-likeness (QED) is 0.733. The highest BCUT2D eigenvalue weighted by atomic mass is 35.5. The predicted octanol–water partition coefficient (Wildman–Crippen LogP) is 4.11. The van der Waals surface area contributed by atoms with Crippen LogP contribution in [0.1, 0.15) is 38.5 Å². The molecule has 9 heteroatoms. The van der Waals surface area contributed by atoms with Crippen LogP contribution in [0, 0.1) is 17.8 Å². The number of hydrogen-bond donors (Lipinski definition) is 2. The fraction of sp³-hybridized carbons (Fsp3) is 0.524. The summed E-state index contributed by atoms with van der Waals surface area (Å²) < 4.78 is 5.53. The van der Waals surface area contributed by atoms with Gasteiger partial charge in [0.1, 0.15) is 6.33 Å². The molecule has 0 aliphatic heterocycles. The van der Waals surface area contributed by atoms with E-state index in [1.165, 1.54) is 25.6 Å². The van der Waals surface area contributed by atoms with E-state index in [0.29, 0.717) is 38.7 Å². The van der Waals surface area contributed by atoms with Crippen molar-refractivity contribution in [3.8, 4) is 5.88 Å². The Balaban J connectivity index is 1.20. The van der Waals surface area contributed by atoms with Crippen LogP contribution in [0.4, 0.5) is 4.79 Å². The minimum atomic E-state index is -0.544. The molecule has 0 unspecified atom stereocenters. The zero-order chi connectivity index (χ0) is 20.9. The SMILES string of the molecule is O=C(COc1ncnc2c(Cl)cc(Cl)cc12)NC(=O)NC12CC3CC(CC(C3)C1)C2. The van der Waals surface area contributed by atoms with Gasteiger partial charge in [0.2, 0.25) is 5.88 Å². The molecule has 0 atom stereocenters. The minimum absolute atomic E-state index is 0.156. The number of aromatic nitrogens is 2. The van der Waals surface area contributed by atoms with Crippen LogP contribution in [0.5, 0.6) is 5.88 Å². The Labute approximate surface area is 183 Å². The van der Waals surface area contributed by atoms with Crippen molar-refractivity contribution in [3.63, 3.8) is 0 Å². The number of nitrogens with zero attached hydrogens (tertiary/aromatic N) is 2. The Morgan fingerprint density at radius 3 is 2.40 bits per heavy atom. The summed E-state index contributed by atoms with van der Waals surface area (Å²) in [6.45, 7) is -0.357. The largest absolute Gasteiger partial charge is 0.467 e. The van der Waals surface area contributed by atoms with Crippen LogP contribution >= 0.6 is 23.2 Å². The van der Waals surface area contributed by atoms with E-state index in [2.05, 4.69) is 20.6 Å². The number of ether oxygens (including phenoxy) is 1. The third-order valence-electron chi connectivity index (χ3n) is 6.63. The summed E-state index contributed by atoms with van der Waals surface area (Å²) in [4.78, 5) is 33.0. The van der Waals surface area contributed by atoms with Gasteiger partial charge in [-0.25, -0.2) is 14.8 Å². The molecular formula is C21H22Cl2N4O3. The average molecular weight is 449 g/mol. The molecule has 4 aliphatic carbocycles. The summed E-state index contributed by atoms with van der Waals surface area (Å²) in [7, 11) is 0. The first-order valence-electron chi connectivity index (χ1n) is 10.2. The molecule has 3 amide bonds. The molecule has 4 saturated carbocycles. The van der Waals surface area contributed by atoms with Crippen LogP contribution in [0.25, 0.3) is 10.9 Å². The zero-order valence-corrected chi connectivity index (χ0v) is 17.8. The normalized spacial score (nSPS) is 29.1. The summed E-state index contributed by atoms with van der Waals surface area (Å²) in [5.41, 5.74) is 0.321. The molecule has 2 aromatic rings. The maximum Gasteiger partial charge on any atom is 0.321 e. The topological polar surface area (TPSA) is 93.2 Å². The molecule has 0 radical (unpaired) electrons. The van der Waals surface area contributed by atoms with E-state index in [9.17, 15) is 9.59 Å². The van der Waals surface area contributed by atoms with Gasteiger partial charge in [0, 0.05) is 10.6 Å². The molecule has 0 spiro atoms. The molecule has 6 rings (SSSR count). The summed E-state index contributed by atoms with van der Waals surface area (Å²) in [5, 5.41) is 6.77. The average Bonchev–Trinajstić information content (AvgIpc) is 2.64. The van der Waals surface area contributed by atoms with Crippen LogP contribution in [0.15, 0.2) is 18.5 Å². The lowest BCUT2D eigenvalue weighted by atomic mass is 9.53. The second kappa shape index (κ2) is 7.54. The summed E-state index contributed by atoms with van der Waals surface area (Å²) in [5.74, 6) is 1.76.